The molecular weight excluding hydrogens is 342 g/mol. The van der Waals surface area contributed by atoms with Gasteiger partial charge in [0.25, 0.3) is 5.56 Å². The highest BCUT2D eigenvalue weighted by atomic mass is 16.6. The molecule has 4 rings (SSSR count). The third kappa shape index (κ3) is 2.69. The Hall–Kier alpha value is -2.66. The number of rotatable bonds is 4. The Morgan fingerprint density at radius 1 is 1.15 bits per heavy atom. The summed E-state index contributed by atoms with van der Waals surface area (Å²) in [5.41, 5.74) is 1.23. The predicted octanol–water partition coefficient (Wildman–Crippen LogP) is -1.35. The van der Waals surface area contributed by atoms with Crippen LogP contribution >= 0.6 is 0 Å². The van der Waals surface area contributed by atoms with Gasteiger partial charge in [-0.25, -0.2) is 15.0 Å². The fraction of sp³-hybridized carbons (Fsp3) is 0.375. The highest BCUT2D eigenvalue weighted by Gasteiger charge is 2.44. The largest absolute Gasteiger partial charge is 0.394 e. The van der Waals surface area contributed by atoms with Crippen molar-refractivity contribution in [2.45, 2.75) is 31.1 Å². The molecule has 0 aromatic carbocycles. The fourth-order valence-corrected chi connectivity index (χ4v) is 3.06. The second kappa shape index (κ2) is 6.57. The molecule has 0 aliphatic carbocycles. The van der Waals surface area contributed by atoms with Crippen LogP contribution in [0.15, 0.2) is 41.8 Å². The van der Waals surface area contributed by atoms with E-state index in [1.54, 1.807) is 18.3 Å². The highest BCUT2D eigenvalue weighted by molar-refractivity contribution is 5.73. The molecule has 1 saturated heterocycles. The number of ether oxygens (including phenoxy) is 1. The Morgan fingerprint density at radius 2 is 2.00 bits per heavy atom. The van der Waals surface area contributed by atoms with Crippen LogP contribution in [0.25, 0.3) is 11.2 Å². The van der Waals surface area contributed by atoms with Crippen LogP contribution in [0.3, 0.4) is 0 Å². The minimum Gasteiger partial charge on any atom is -0.394 e. The van der Waals surface area contributed by atoms with Gasteiger partial charge in [0, 0.05) is 12.3 Å². The molecule has 4 heterocycles. The number of imidazole rings is 1. The molecule has 1 fully saturated rings. The first-order valence-corrected chi connectivity index (χ1v) is 8.04. The number of aromatic nitrogens is 5. The molecule has 136 valence electrons. The molecule has 0 unspecified atom stereocenters. The van der Waals surface area contributed by atoms with E-state index in [1.165, 1.54) is 27.9 Å². The van der Waals surface area contributed by atoms with Crippen molar-refractivity contribution in [3.05, 3.63) is 53.1 Å². The lowest BCUT2D eigenvalue weighted by atomic mass is 10.1. The molecule has 1 aliphatic rings. The summed E-state index contributed by atoms with van der Waals surface area (Å²) in [4.78, 5) is 24.6. The predicted molar refractivity (Wildman–Crippen MR) is 88.1 cm³/mol. The van der Waals surface area contributed by atoms with Crippen LogP contribution in [-0.2, 0) is 11.3 Å². The number of hydrogen-bond donors (Lipinski definition) is 3. The van der Waals surface area contributed by atoms with Crippen LogP contribution in [0.1, 0.15) is 11.9 Å². The van der Waals surface area contributed by atoms with Gasteiger partial charge in [0.05, 0.1) is 25.2 Å². The lowest BCUT2D eigenvalue weighted by Gasteiger charge is -2.16. The molecule has 10 nitrogen and oxygen atoms in total. The summed E-state index contributed by atoms with van der Waals surface area (Å²) in [5, 5.41) is 29.4. The van der Waals surface area contributed by atoms with Crippen molar-refractivity contribution >= 4 is 11.2 Å². The summed E-state index contributed by atoms with van der Waals surface area (Å²) >= 11 is 0. The molecule has 0 amide bonds. The standard InChI is InChI=1S/C16H17N5O5/c22-6-10-13(24)14(25)16(26-10)21-8-19-12-9(17-7-18-15(12)21)5-20-4-2-1-3-11(20)23/h1-4,7-8,10,13-14,16,22,24-25H,5-6H2/t10-,13-,14-,16-/m1/s1. The Labute approximate surface area is 147 Å². The fourth-order valence-electron chi connectivity index (χ4n) is 3.06. The van der Waals surface area contributed by atoms with Gasteiger partial charge in [-0.1, -0.05) is 6.07 Å². The normalized spacial score (nSPS) is 25.8. The van der Waals surface area contributed by atoms with Gasteiger partial charge in [-0.3, -0.25) is 9.36 Å². The lowest BCUT2D eigenvalue weighted by Crippen LogP contribution is -2.33. The number of aliphatic hydroxyl groups is 3. The summed E-state index contributed by atoms with van der Waals surface area (Å²) in [7, 11) is 0. The molecule has 0 bridgehead atoms. The van der Waals surface area contributed by atoms with Crippen LogP contribution in [0, 0.1) is 0 Å². The average molecular weight is 359 g/mol. The van der Waals surface area contributed by atoms with Crippen LogP contribution < -0.4 is 5.56 Å². The summed E-state index contributed by atoms with van der Waals surface area (Å²) in [5.74, 6) is 0. The molecule has 0 radical (unpaired) electrons. The minimum atomic E-state index is -1.24. The highest BCUT2D eigenvalue weighted by Crippen LogP contribution is 2.31. The monoisotopic (exact) mass is 359 g/mol. The van der Waals surface area contributed by atoms with Crippen molar-refractivity contribution in [1.82, 2.24) is 24.1 Å². The van der Waals surface area contributed by atoms with Gasteiger partial charge < -0.3 is 24.6 Å². The number of aliphatic hydroxyl groups excluding tert-OH is 3. The van der Waals surface area contributed by atoms with Gasteiger partial charge in [0.2, 0.25) is 0 Å². The van der Waals surface area contributed by atoms with Gasteiger partial charge in [0.15, 0.2) is 11.9 Å². The zero-order valence-corrected chi connectivity index (χ0v) is 13.6. The zero-order valence-electron chi connectivity index (χ0n) is 13.6. The van der Waals surface area contributed by atoms with Crippen molar-refractivity contribution in [2.75, 3.05) is 6.61 Å². The van der Waals surface area contributed by atoms with Gasteiger partial charge in [-0.2, -0.15) is 0 Å². The van der Waals surface area contributed by atoms with Crippen LogP contribution in [0.2, 0.25) is 0 Å². The summed E-state index contributed by atoms with van der Waals surface area (Å²) in [6.07, 6.45) is 0.138. The van der Waals surface area contributed by atoms with E-state index in [0.717, 1.165) is 0 Å². The van der Waals surface area contributed by atoms with Crippen molar-refractivity contribution in [2.24, 2.45) is 0 Å². The van der Waals surface area contributed by atoms with Crippen molar-refractivity contribution in [3.8, 4) is 0 Å². The molecule has 1 aliphatic heterocycles. The van der Waals surface area contributed by atoms with E-state index in [4.69, 9.17) is 4.74 Å². The third-order valence-electron chi connectivity index (χ3n) is 4.44. The Balaban J connectivity index is 1.72. The van der Waals surface area contributed by atoms with Gasteiger partial charge >= 0.3 is 0 Å². The van der Waals surface area contributed by atoms with Crippen LogP contribution in [-0.4, -0.2) is 64.3 Å². The Kier molecular flexibility index (Phi) is 4.24. The van der Waals surface area contributed by atoms with Crippen LogP contribution in [0.4, 0.5) is 0 Å². The van der Waals surface area contributed by atoms with Gasteiger partial charge in [-0.15, -0.1) is 0 Å². The molecule has 26 heavy (non-hydrogen) atoms. The number of nitrogens with zero attached hydrogens (tertiary/aromatic N) is 5. The van der Waals surface area contributed by atoms with Gasteiger partial charge in [-0.05, 0) is 6.07 Å². The maximum Gasteiger partial charge on any atom is 0.250 e. The molecule has 10 heteroatoms. The van der Waals surface area contributed by atoms with Gasteiger partial charge in [0.1, 0.15) is 30.2 Å². The van der Waals surface area contributed by atoms with E-state index < -0.39 is 31.1 Å². The Morgan fingerprint density at radius 3 is 2.73 bits per heavy atom. The maximum atomic E-state index is 11.9. The molecule has 4 atom stereocenters. The number of fused-ring (bicyclic) bond motifs is 1. The van der Waals surface area contributed by atoms with E-state index >= 15 is 0 Å². The maximum absolute atomic E-state index is 11.9. The van der Waals surface area contributed by atoms with E-state index in [1.807, 2.05) is 0 Å². The first kappa shape index (κ1) is 16.8. The average Bonchev–Trinajstić information content (AvgIpc) is 3.19. The second-order valence-corrected chi connectivity index (χ2v) is 6.04. The number of pyridine rings is 1. The lowest BCUT2D eigenvalue weighted by molar-refractivity contribution is -0.0511. The smallest absolute Gasteiger partial charge is 0.250 e. The van der Waals surface area contributed by atoms with E-state index in [9.17, 15) is 20.1 Å². The summed E-state index contributed by atoms with van der Waals surface area (Å²) in [6.45, 7) is -0.204. The molecule has 0 spiro atoms. The molecule has 3 aromatic heterocycles. The molecule has 3 N–H and O–H groups in total. The van der Waals surface area contributed by atoms with E-state index in [0.29, 0.717) is 16.9 Å². The van der Waals surface area contributed by atoms with Crippen LogP contribution in [0.5, 0.6) is 0 Å². The summed E-state index contributed by atoms with van der Waals surface area (Å²) in [6, 6.07) is 4.86. The molecular formula is C16H17N5O5. The van der Waals surface area contributed by atoms with Crippen molar-refractivity contribution < 1.29 is 20.1 Å². The zero-order chi connectivity index (χ0) is 18.3. The number of hydrogen-bond acceptors (Lipinski definition) is 8. The quantitative estimate of drug-likeness (QED) is 0.520. The Bertz CT molecular complexity index is 986. The SMILES string of the molecule is O=c1ccccn1Cc1ncnc2c1ncn2[C@@H]1O[C@H](CO)[C@@H](O)[C@H]1O. The minimum absolute atomic E-state index is 0.165. The van der Waals surface area contributed by atoms with Crippen molar-refractivity contribution in [3.63, 3.8) is 0 Å². The third-order valence-corrected chi connectivity index (χ3v) is 4.44. The van der Waals surface area contributed by atoms with E-state index in [-0.39, 0.29) is 12.1 Å². The van der Waals surface area contributed by atoms with E-state index in [2.05, 4.69) is 15.0 Å². The first-order valence-electron chi connectivity index (χ1n) is 8.04. The summed E-state index contributed by atoms with van der Waals surface area (Å²) < 4.78 is 8.50. The molecule has 3 aromatic rings. The van der Waals surface area contributed by atoms with Crippen molar-refractivity contribution in [1.29, 1.82) is 0 Å². The second-order valence-electron chi connectivity index (χ2n) is 6.04. The first-order chi connectivity index (χ1) is 12.6. The molecule has 0 saturated carbocycles. The topological polar surface area (TPSA) is 136 Å².